The van der Waals surface area contributed by atoms with E-state index in [1.807, 2.05) is 46.8 Å². The van der Waals surface area contributed by atoms with Gasteiger partial charge in [-0.3, -0.25) is 0 Å². The largest absolute Gasteiger partial charge is 0.481 e. The molecule has 94 valence electrons. The Morgan fingerprint density at radius 2 is 1.76 bits per heavy atom. The minimum absolute atomic E-state index is 0.0384. The van der Waals surface area contributed by atoms with Gasteiger partial charge in [-0.1, -0.05) is 12.1 Å². The second-order valence-electron chi connectivity index (χ2n) is 4.48. The lowest BCUT2D eigenvalue weighted by molar-refractivity contribution is -0.149. The first-order valence-electron chi connectivity index (χ1n) is 5.81. The second kappa shape index (κ2) is 5.71. The molecule has 0 unspecified atom stereocenters. The first-order valence-corrected chi connectivity index (χ1v) is 5.81. The van der Waals surface area contributed by atoms with Crippen molar-refractivity contribution in [3.8, 4) is 5.75 Å². The van der Waals surface area contributed by atoms with E-state index in [1.165, 1.54) is 0 Å². The quantitative estimate of drug-likeness (QED) is 0.754. The highest BCUT2D eigenvalue weighted by Crippen LogP contribution is 2.25. The number of aryl methyl sites for hydroxylation is 2. The Morgan fingerprint density at radius 3 is 2.35 bits per heavy atom. The van der Waals surface area contributed by atoms with Crippen LogP contribution in [0.25, 0.3) is 0 Å². The number of hydrogen-bond donors (Lipinski definition) is 0. The molecule has 0 N–H and O–H groups in total. The summed E-state index contributed by atoms with van der Waals surface area (Å²) >= 11 is 0. The van der Waals surface area contributed by atoms with Crippen LogP contribution < -0.4 is 4.74 Å². The third kappa shape index (κ3) is 3.77. The highest BCUT2D eigenvalue weighted by Gasteiger charge is 2.10. The van der Waals surface area contributed by atoms with Crippen LogP contribution in [0.2, 0.25) is 0 Å². The molecule has 0 heterocycles. The smallest absolute Gasteiger partial charge is 0.344 e. The van der Waals surface area contributed by atoms with Gasteiger partial charge in [0.05, 0.1) is 6.10 Å². The Bertz CT molecular complexity index is 408. The van der Waals surface area contributed by atoms with Crippen LogP contribution >= 0.6 is 0 Å². The van der Waals surface area contributed by atoms with Crippen LogP contribution in [0.1, 0.15) is 30.5 Å². The Kier molecular flexibility index (Phi) is 4.55. The monoisotopic (exact) mass is 236 g/mol. The number of hydrogen-bond acceptors (Lipinski definition) is 3. The van der Waals surface area contributed by atoms with Gasteiger partial charge in [0, 0.05) is 0 Å². The Hall–Kier alpha value is -1.51. The molecule has 1 aromatic carbocycles. The highest BCUT2D eigenvalue weighted by atomic mass is 16.6. The van der Waals surface area contributed by atoms with Crippen molar-refractivity contribution in [2.45, 2.75) is 40.7 Å². The molecule has 1 rings (SSSR count). The number of esters is 1. The fourth-order valence-electron chi connectivity index (χ4n) is 1.58. The molecule has 0 radical (unpaired) electrons. The number of carbonyl (C=O) groups excluding carboxylic acids is 1. The second-order valence-corrected chi connectivity index (χ2v) is 4.48. The fraction of sp³-hybridized carbons (Fsp3) is 0.500. The lowest BCUT2D eigenvalue weighted by Gasteiger charge is -2.14. The van der Waals surface area contributed by atoms with Crippen molar-refractivity contribution >= 4 is 5.97 Å². The van der Waals surface area contributed by atoms with Crippen LogP contribution in [0.3, 0.4) is 0 Å². The van der Waals surface area contributed by atoms with E-state index in [-0.39, 0.29) is 18.7 Å². The zero-order valence-electron chi connectivity index (χ0n) is 11.2. The normalized spacial score (nSPS) is 10.5. The van der Waals surface area contributed by atoms with Crippen molar-refractivity contribution in [3.63, 3.8) is 0 Å². The molecule has 0 saturated heterocycles. The van der Waals surface area contributed by atoms with E-state index < -0.39 is 0 Å². The summed E-state index contributed by atoms with van der Waals surface area (Å²) in [6.07, 6.45) is -0.106. The van der Waals surface area contributed by atoms with E-state index >= 15 is 0 Å². The molecule has 0 bridgehead atoms. The Morgan fingerprint density at radius 1 is 1.18 bits per heavy atom. The summed E-state index contributed by atoms with van der Waals surface area (Å²) in [5, 5.41) is 0. The lowest BCUT2D eigenvalue weighted by atomic mass is 10.1. The van der Waals surface area contributed by atoms with Crippen LogP contribution in [0, 0.1) is 20.8 Å². The molecule has 3 nitrogen and oxygen atoms in total. The van der Waals surface area contributed by atoms with E-state index in [2.05, 4.69) is 0 Å². The average molecular weight is 236 g/mol. The molecule has 0 saturated carbocycles. The Labute approximate surface area is 103 Å². The van der Waals surface area contributed by atoms with Gasteiger partial charge in [-0.2, -0.15) is 0 Å². The maximum atomic E-state index is 11.4. The maximum Gasteiger partial charge on any atom is 0.344 e. The predicted molar refractivity (Wildman–Crippen MR) is 67.4 cm³/mol. The molecular formula is C14H20O3. The molecule has 0 atom stereocenters. The van der Waals surface area contributed by atoms with Gasteiger partial charge in [-0.25, -0.2) is 4.79 Å². The average Bonchev–Trinajstić information content (AvgIpc) is 2.23. The van der Waals surface area contributed by atoms with Crippen molar-refractivity contribution in [3.05, 3.63) is 28.8 Å². The molecule has 0 spiro atoms. The molecule has 17 heavy (non-hydrogen) atoms. The van der Waals surface area contributed by atoms with Crippen molar-refractivity contribution in [1.29, 1.82) is 0 Å². The molecule has 1 aromatic rings. The van der Waals surface area contributed by atoms with E-state index in [1.54, 1.807) is 0 Å². The summed E-state index contributed by atoms with van der Waals surface area (Å²) in [4.78, 5) is 11.4. The Balaban J connectivity index is 2.69. The van der Waals surface area contributed by atoms with Crippen LogP contribution in [-0.2, 0) is 9.53 Å². The van der Waals surface area contributed by atoms with Gasteiger partial charge in [-0.05, 0) is 51.3 Å². The minimum Gasteiger partial charge on any atom is -0.481 e. The topological polar surface area (TPSA) is 35.5 Å². The first kappa shape index (κ1) is 13.6. The van der Waals surface area contributed by atoms with E-state index in [4.69, 9.17) is 9.47 Å². The van der Waals surface area contributed by atoms with Gasteiger partial charge in [0.25, 0.3) is 0 Å². The van der Waals surface area contributed by atoms with Gasteiger partial charge < -0.3 is 9.47 Å². The van der Waals surface area contributed by atoms with E-state index in [0.29, 0.717) is 0 Å². The van der Waals surface area contributed by atoms with Crippen molar-refractivity contribution < 1.29 is 14.3 Å². The molecule has 3 heteroatoms. The molecule has 0 aliphatic rings. The summed E-state index contributed by atoms with van der Waals surface area (Å²) in [5.41, 5.74) is 3.26. The summed E-state index contributed by atoms with van der Waals surface area (Å²) in [6.45, 7) is 9.58. The molecular weight excluding hydrogens is 216 g/mol. The van der Waals surface area contributed by atoms with Gasteiger partial charge in [0.2, 0.25) is 0 Å². The zero-order chi connectivity index (χ0) is 13.0. The fourth-order valence-corrected chi connectivity index (χ4v) is 1.58. The van der Waals surface area contributed by atoms with Crippen molar-refractivity contribution in [2.24, 2.45) is 0 Å². The van der Waals surface area contributed by atoms with E-state index in [9.17, 15) is 4.79 Å². The number of ether oxygens (including phenoxy) is 2. The third-order valence-corrected chi connectivity index (χ3v) is 2.58. The third-order valence-electron chi connectivity index (χ3n) is 2.58. The van der Waals surface area contributed by atoms with Crippen LogP contribution in [0.15, 0.2) is 12.1 Å². The molecule has 0 aromatic heterocycles. The zero-order valence-corrected chi connectivity index (χ0v) is 11.2. The predicted octanol–water partition coefficient (Wildman–Crippen LogP) is 2.94. The van der Waals surface area contributed by atoms with Crippen LogP contribution in [-0.4, -0.2) is 18.7 Å². The van der Waals surface area contributed by atoms with Gasteiger partial charge in [0.15, 0.2) is 6.61 Å². The molecule has 0 aliphatic heterocycles. The number of rotatable bonds is 4. The van der Waals surface area contributed by atoms with Gasteiger partial charge >= 0.3 is 5.97 Å². The van der Waals surface area contributed by atoms with Crippen LogP contribution in [0.4, 0.5) is 0 Å². The summed E-state index contributed by atoms with van der Waals surface area (Å²) in [6, 6.07) is 4.04. The standard InChI is InChI=1S/C14H20O3/c1-9(2)17-13(15)8-16-14-11(4)7-6-10(3)12(14)5/h6-7,9H,8H2,1-5H3. The summed E-state index contributed by atoms with van der Waals surface area (Å²) < 4.78 is 10.6. The van der Waals surface area contributed by atoms with E-state index in [0.717, 1.165) is 22.4 Å². The number of carbonyl (C=O) groups is 1. The first-order chi connectivity index (χ1) is 7.91. The molecule has 0 fully saturated rings. The molecule has 0 aliphatic carbocycles. The van der Waals surface area contributed by atoms with Crippen molar-refractivity contribution in [2.75, 3.05) is 6.61 Å². The SMILES string of the molecule is Cc1ccc(C)c(OCC(=O)OC(C)C)c1C. The lowest BCUT2D eigenvalue weighted by Crippen LogP contribution is -2.19. The van der Waals surface area contributed by atoms with Crippen molar-refractivity contribution in [1.82, 2.24) is 0 Å². The summed E-state index contributed by atoms with van der Waals surface area (Å²) in [7, 11) is 0. The van der Waals surface area contributed by atoms with Gasteiger partial charge in [-0.15, -0.1) is 0 Å². The minimum atomic E-state index is -0.333. The summed E-state index contributed by atoms with van der Waals surface area (Å²) in [5.74, 6) is 0.450. The van der Waals surface area contributed by atoms with Gasteiger partial charge in [0.1, 0.15) is 5.75 Å². The van der Waals surface area contributed by atoms with Crippen LogP contribution in [0.5, 0.6) is 5.75 Å². The molecule has 0 amide bonds. The number of benzene rings is 1. The highest BCUT2D eigenvalue weighted by molar-refractivity contribution is 5.71. The maximum absolute atomic E-state index is 11.4.